The maximum Gasteiger partial charge on any atom is 0.249 e. The van der Waals surface area contributed by atoms with Crippen LogP contribution >= 0.6 is 0 Å². The van der Waals surface area contributed by atoms with E-state index in [4.69, 9.17) is 10.5 Å². The van der Waals surface area contributed by atoms with Crippen molar-refractivity contribution in [3.8, 4) is 5.75 Å². The average molecular weight is 220 g/mol. The number of ether oxygens (including phenoxy) is 1. The van der Waals surface area contributed by atoms with E-state index in [2.05, 4.69) is 4.98 Å². The van der Waals surface area contributed by atoms with Gasteiger partial charge in [0, 0.05) is 11.5 Å². The second-order valence-electron chi connectivity index (χ2n) is 3.24. The Morgan fingerprint density at radius 1 is 1.44 bits per heavy atom. The van der Waals surface area contributed by atoms with Crippen LogP contribution in [-0.2, 0) is 0 Å². The first kappa shape index (κ1) is 10.4. The molecule has 0 unspecified atom stereocenters. The van der Waals surface area contributed by atoms with Gasteiger partial charge >= 0.3 is 0 Å². The summed E-state index contributed by atoms with van der Waals surface area (Å²) in [5.74, 6) is -0.866. The quantitative estimate of drug-likeness (QED) is 0.779. The van der Waals surface area contributed by atoms with Gasteiger partial charge in [0.05, 0.1) is 18.2 Å². The zero-order valence-corrected chi connectivity index (χ0v) is 8.53. The van der Waals surface area contributed by atoms with Gasteiger partial charge in [0.1, 0.15) is 5.75 Å². The van der Waals surface area contributed by atoms with Gasteiger partial charge in [-0.3, -0.25) is 4.79 Å². The van der Waals surface area contributed by atoms with Crippen LogP contribution in [0.2, 0.25) is 0 Å². The van der Waals surface area contributed by atoms with Crippen molar-refractivity contribution in [3.05, 3.63) is 35.8 Å². The number of primary amides is 1. The van der Waals surface area contributed by atoms with Crippen LogP contribution in [0.3, 0.4) is 0 Å². The molecule has 2 aromatic rings. The molecule has 4 nitrogen and oxygen atoms in total. The highest BCUT2D eigenvalue weighted by molar-refractivity contribution is 6.05. The van der Waals surface area contributed by atoms with Crippen molar-refractivity contribution in [3.63, 3.8) is 0 Å². The molecule has 1 aromatic heterocycles. The molecule has 0 aliphatic carbocycles. The minimum atomic E-state index is -0.730. The predicted octanol–water partition coefficient (Wildman–Crippen LogP) is 1.48. The van der Waals surface area contributed by atoms with Gasteiger partial charge in [-0.2, -0.15) is 4.39 Å². The van der Waals surface area contributed by atoms with E-state index in [-0.39, 0.29) is 5.56 Å². The number of aromatic nitrogens is 1. The molecule has 2 rings (SSSR count). The Morgan fingerprint density at radius 2 is 2.19 bits per heavy atom. The average Bonchev–Trinajstić information content (AvgIpc) is 2.27. The second-order valence-corrected chi connectivity index (χ2v) is 3.24. The van der Waals surface area contributed by atoms with Crippen LogP contribution in [-0.4, -0.2) is 18.0 Å². The van der Waals surface area contributed by atoms with Gasteiger partial charge < -0.3 is 10.5 Å². The Kier molecular flexibility index (Phi) is 2.44. The number of nitrogens with two attached hydrogens (primary N) is 1. The zero-order valence-electron chi connectivity index (χ0n) is 8.53. The molecule has 0 fully saturated rings. The van der Waals surface area contributed by atoms with Gasteiger partial charge in [-0.15, -0.1) is 0 Å². The van der Waals surface area contributed by atoms with Crippen molar-refractivity contribution in [1.29, 1.82) is 0 Å². The lowest BCUT2D eigenvalue weighted by Crippen LogP contribution is -2.12. The zero-order chi connectivity index (χ0) is 11.7. The van der Waals surface area contributed by atoms with Crippen LogP contribution in [0.25, 0.3) is 10.9 Å². The smallest absolute Gasteiger partial charge is 0.249 e. The van der Waals surface area contributed by atoms with E-state index in [1.807, 2.05) is 0 Å². The van der Waals surface area contributed by atoms with Gasteiger partial charge in [0.25, 0.3) is 0 Å². The molecule has 0 saturated heterocycles. The Balaban J connectivity index is 2.80. The van der Waals surface area contributed by atoms with Crippen molar-refractivity contribution >= 4 is 16.8 Å². The number of amides is 1. The fraction of sp³-hybridized carbons (Fsp3) is 0.0909. The van der Waals surface area contributed by atoms with Gasteiger partial charge in [-0.25, -0.2) is 4.98 Å². The lowest BCUT2D eigenvalue weighted by Gasteiger charge is -2.05. The highest BCUT2D eigenvalue weighted by Gasteiger charge is 2.11. The van der Waals surface area contributed by atoms with Crippen molar-refractivity contribution < 1.29 is 13.9 Å². The van der Waals surface area contributed by atoms with Gasteiger partial charge in [0.15, 0.2) is 0 Å². The fourth-order valence-corrected chi connectivity index (χ4v) is 1.50. The van der Waals surface area contributed by atoms with E-state index in [1.54, 1.807) is 18.2 Å². The molecule has 2 N–H and O–H groups in total. The van der Waals surface area contributed by atoms with E-state index in [0.717, 1.165) is 6.07 Å². The largest absolute Gasteiger partial charge is 0.497 e. The van der Waals surface area contributed by atoms with Crippen LogP contribution in [0.4, 0.5) is 4.39 Å². The molecular weight excluding hydrogens is 211 g/mol. The third kappa shape index (κ3) is 1.67. The van der Waals surface area contributed by atoms with Crippen LogP contribution < -0.4 is 10.5 Å². The Labute approximate surface area is 90.8 Å². The molecule has 16 heavy (non-hydrogen) atoms. The fourth-order valence-electron chi connectivity index (χ4n) is 1.50. The molecule has 0 bridgehead atoms. The number of hydrogen-bond acceptors (Lipinski definition) is 3. The number of rotatable bonds is 2. The van der Waals surface area contributed by atoms with Gasteiger partial charge in [0.2, 0.25) is 11.9 Å². The SMILES string of the molecule is COc1ccc2nc(F)cc(C(N)=O)c2c1. The summed E-state index contributed by atoms with van der Waals surface area (Å²) < 4.78 is 18.1. The van der Waals surface area contributed by atoms with Gasteiger partial charge in [-0.05, 0) is 18.2 Å². The number of benzene rings is 1. The highest BCUT2D eigenvalue weighted by atomic mass is 19.1. The summed E-state index contributed by atoms with van der Waals surface area (Å²) in [6.45, 7) is 0. The third-order valence-electron chi connectivity index (χ3n) is 2.25. The standard InChI is InChI=1S/C11H9FN2O2/c1-16-6-2-3-9-7(4-6)8(11(13)15)5-10(12)14-9/h2-5H,1H3,(H2,13,15). The Bertz CT molecular complexity index is 569. The molecular formula is C11H9FN2O2. The first-order valence-electron chi connectivity index (χ1n) is 4.56. The second kappa shape index (κ2) is 3.77. The normalized spacial score (nSPS) is 10.4. The van der Waals surface area contributed by atoms with Crippen molar-refractivity contribution in [2.45, 2.75) is 0 Å². The number of hydrogen-bond donors (Lipinski definition) is 1. The third-order valence-corrected chi connectivity index (χ3v) is 2.25. The number of fused-ring (bicyclic) bond motifs is 1. The van der Waals surface area contributed by atoms with Crippen molar-refractivity contribution in [2.75, 3.05) is 7.11 Å². The molecule has 0 atom stereocenters. The minimum absolute atomic E-state index is 0.0985. The number of carbonyl (C=O) groups excluding carboxylic acids is 1. The van der Waals surface area contributed by atoms with E-state index in [9.17, 15) is 9.18 Å². The molecule has 82 valence electrons. The number of carbonyl (C=O) groups is 1. The lowest BCUT2D eigenvalue weighted by atomic mass is 10.1. The molecule has 0 spiro atoms. The Hall–Kier alpha value is -2.17. The summed E-state index contributed by atoms with van der Waals surface area (Å²) >= 11 is 0. The summed E-state index contributed by atoms with van der Waals surface area (Å²) in [5.41, 5.74) is 5.63. The summed E-state index contributed by atoms with van der Waals surface area (Å²) in [5, 5.41) is 0.480. The summed E-state index contributed by atoms with van der Waals surface area (Å²) in [6.07, 6.45) is 0. The van der Waals surface area contributed by atoms with E-state index < -0.39 is 11.9 Å². The maximum atomic E-state index is 13.1. The summed E-state index contributed by atoms with van der Waals surface area (Å²) in [6, 6.07) is 5.83. The van der Waals surface area contributed by atoms with E-state index in [1.165, 1.54) is 7.11 Å². The van der Waals surface area contributed by atoms with Crippen LogP contribution in [0, 0.1) is 5.95 Å². The van der Waals surface area contributed by atoms with Crippen molar-refractivity contribution in [2.24, 2.45) is 5.73 Å². The molecule has 1 aromatic carbocycles. The van der Waals surface area contributed by atoms with Crippen LogP contribution in [0.1, 0.15) is 10.4 Å². The van der Waals surface area contributed by atoms with Gasteiger partial charge in [-0.1, -0.05) is 0 Å². The molecule has 0 radical (unpaired) electrons. The van der Waals surface area contributed by atoms with Crippen LogP contribution in [0.15, 0.2) is 24.3 Å². The summed E-state index contributed by atoms with van der Waals surface area (Å²) in [7, 11) is 1.50. The van der Waals surface area contributed by atoms with Crippen molar-refractivity contribution in [1.82, 2.24) is 4.98 Å². The highest BCUT2D eigenvalue weighted by Crippen LogP contribution is 2.23. The molecule has 1 heterocycles. The number of halogens is 1. The summed E-state index contributed by atoms with van der Waals surface area (Å²) in [4.78, 5) is 14.8. The lowest BCUT2D eigenvalue weighted by molar-refractivity contribution is 0.100. The first-order chi connectivity index (χ1) is 7.61. The Morgan fingerprint density at radius 3 is 2.81 bits per heavy atom. The monoisotopic (exact) mass is 220 g/mol. The topological polar surface area (TPSA) is 65.2 Å². The molecule has 1 amide bonds. The number of nitrogens with zero attached hydrogens (tertiary/aromatic N) is 1. The number of pyridine rings is 1. The molecule has 0 aliphatic rings. The molecule has 5 heteroatoms. The predicted molar refractivity (Wildman–Crippen MR) is 56.8 cm³/mol. The first-order valence-corrected chi connectivity index (χ1v) is 4.56. The minimum Gasteiger partial charge on any atom is -0.497 e. The van der Waals surface area contributed by atoms with Crippen LogP contribution in [0.5, 0.6) is 5.75 Å². The molecule has 0 aliphatic heterocycles. The molecule has 0 saturated carbocycles. The van der Waals surface area contributed by atoms with E-state index in [0.29, 0.717) is 16.7 Å². The number of methoxy groups -OCH3 is 1. The van der Waals surface area contributed by atoms with E-state index >= 15 is 0 Å². The maximum absolute atomic E-state index is 13.1.